The number of hydrogen-bond acceptors (Lipinski definition) is 9. The lowest BCUT2D eigenvalue weighted by Crippen LogP contribution is -2.35. The summed E-state index contributed by atoms with van der Waals surface area (Å²) in [7, 11) is 4.47. The molecule has 2 unspecified atom stereocenters. The van der Waals surface area contributed by atoms with Crippen LogP contribution in [-0.2, 0) is 4.79 Å². The van der Waals surface area contributed by atoms with E-state index in [0.29, 0.717) is 56.7 Å². The van der Waals surface area contributed by atoms with E-state index in [2.05, 4.69) is 5.32 Å². The van der Waals surface area contributed by atoms with E-state index in [9.17, 15) is 9.59 Å². The summed E-state index contributed by atoms with van der Waals surface area (Å²) in [5.41, 5.74) is 1.08. The first-order valence-corrected chi connectivity index (χ1v) is 11.7. The number of benzene rings is 3. The van der Waals surface area contributed by atoms with Gasteiger partial charge in [-0.05, 0) is 29.8 Å². The molecule has 1 amide bonds. The zero-order chi connectivity index (χ0) is 26.4. The van der Waals surface area contributed by atoms with Crippen LogP contribution in [0.4, 0.5) is 5.69 Å². The minimum absolute atomic E-state index is 0.0916. The lowest BCUT2D eigenvalue weighted by molar-refractivity contribution is -0.122. The quantitative estimate of drug-likeness (QED) is 0.378. The molecule has 1 aromatic heterocycles. The average Bonchev–Trinajstić information content (AvgIpc) is 3.57. The van der Waals surface area contributed by atoms with E-state index >= 15 is 0 Å². The fraction of sp³-hybridized carbons (Fsp3) is 0.214. The Balaban J connectivity index is 1.45. The zero-order valence-corrected chi connectivity index (χ0v) is 20.7. The normalized spacial score (nSPS) is 17.0. The molecule has 4 aromatic rings. The smallest absolute Gasteiger partial charge is 0.344 e. The molecule has 0 spiro atoms. The number of rotatable bonds is 6. The number of carbonyl (C=O) groups excluding carboxylic acids is 1. The van der Waals surface area contributed by atoms with E-state index in [4.69, 9.17) is 32.8 Å². The van der Waals surface area contributed by atoms with Crippen LogP contribution in [0.1, 0.15) is 17.0 Å². The zero-order valence-electron chi connectivity index (χ0n) is 20.7. The molecule has 2 aliphatic heterocycles. The molecule has 2 aliphatic rings. The molecule has 1 N–H and O–H groups in total. The summed E-state index contributed by atoms with van der Waals surface area (Å²) in [4.78, 5) is 27.0. The van der Waals surface area contributed by atoms with Crippen molar-refractivity contribution in [2.24, 2.45) is 0 Å². The van der Waals surface area contributed by atoms with Crippen LogP contribution >= 0.6 is 0 Å². The Labute approximate surface area is 216 Å². The lowest BCUT2D eigenvalue weighted by Gasteiger charge is -2.20. The topological polar surface area (TPSA) is 115 Å². The Morgan fingerprint density at radius 2 is 1.66 bits per heavy atom. The third kappa shape index (κ3) is 3.73. The summed E-state index contributed by atoms with van der Waals surface area (Å²) >= 11 is 0. The van der Waals surface area contributed by atoms with Gasteiger partial charge in [0, 0.05) is 17.8 Å². The van der Waals surface area contributed by atoms with Gasteiger partial charge in [-0.15, -0.1) is 0 Å². The summed E-state index contributed by atoms with van der Waals surface area (Å²) in [5.74, 6) is 1.28. The molecule has 0 radical (unpaired) electrons. The number of anilines is 1. The van der Waals surface area contributed by atoms with Crippen molar-refractivity contribution in [3.63, 3.8) is 0 Å². The molecule has 3 heterocycles. The molecule has 6 rings (SSSR count). The van der Waals surface area contributed by atoms with Crippen LogP contribution in [0.5, 0.6) is 34.5 Å². The van der Waals surface area contributed by atoms with Crippen molar-refractivity contribution in [3.05, 3.63) is 76.1 Å². The molecule has 3 aromatic carbocycles. The maximum Gasteiger partial charge on any atom is 0.344 e. The van der Waals surface area contributed by atoms with Crippen molar-refractivity contribution >= 4 is 22.6 Å². The largest absolute Gasteiger partial charge is 0.493 e. The highest BCUT2D eigenvalue weighted by molar-refractivity contribution is 5.98. The number of carbonyl (C=O) groups is 1. The summed E-state index contributed by atoms with van der Waals surface area (Å²) < 4.78 is 39.0. The summed E-state index contributed by atoms with van der Waals surface area (Å²) in [6, 6.07) is 15.5. The Morgan fingerprint density at radius 1 is 0.921 bits per heavy atom. The SMILES string of the molecule is COc1cc(NC(=O)C2Oc3c(c(=O)oc4ccccc34)C2c2ccc3c(c2)OCO3)cc(OC)c1OC. The lowest BCUT2D eigenvalue weighted by atomic mass is 9.88. The van der Waals surface area contributed by atoms with Gasteiger partial charge in [0.25, 0.3) is 5.91 Å². The number of ether oxygens (including phenoxy) is 6. The van der Waals surface area contributed by atoms with E-state index in [1.165, 1.54) is 21.3 Å². The molecule has 10 nitrogen and oxygen atoms in total. The first-order chi connectivity index (χ1) is 18.5. The highest BCUT2D eigenvalue weighted by Gasteiger charge is 2.44. The first-order valence-electron chi connectivity index (χ1n) is 11.7. The number of hydrogen-bond donors (Lipinski definition) is 1. The molecule has 38 heavy (non-hydrogen) atoms. The highest BCUT2D eigenvalue weighted by Crippen LogP contribution is 2.47. The fourth-order valence-corrected chi connectivity index (χ4v) is 4.90. The summed E-state index contributed by atoms with van der Waals surface area (Å²) in [6.07, 6.45) is -1.10. The van der Waals surface area contributed by atoms with Crippen LogP contribution < -0.4 is 39.4 Å². The van der Waals surface area contributed by atoms with E-state index in [0.717, 1.165) is 0 Å². The number of methoxy groups -OCH3 is 3. The monoisotopic (exact) mass is 517 g/mol. The number of nitrogens with one attached hydrogen (secondary N) is 1. The van der Waals surface area contributed by atoms with Gasteiger partial charge < -0.3 is 38.2 Å². The van der Waals surface area contributed by atoms with Crippen LogP contribution in [-0.4, -0.2) is 40.1 Å². The van der Waals surface area contributed by atoms with Gasteiger partial charge in [-0.2, -0.15) is 0 Å². The molecule has 0 saturated carbocycles. The minimum atomic E-state index is -1.10. The van der Waals surface area contributed by atoms with Crippen molar-refractivity contribution in [1.82, 2.24) is 0 Å². The van der Waals surface area contributed by atoms with Gasteiger partial charge in [0.2, 0.25) is 12.5 Å². The van der Waals surface area contributed by atoms with E-state index in [1.54, 1.807) is 48.5 Å². The van der Waals surface area contributed by atoms with Crippen molar-refractivity contribution in [2.75, 3.05) is 33.4 Å². The second-order valence-electron chi connectivity index (χ2n) is 8.66. The Morgan fingerprint density at radius 3 is 2.39 bits per heavy atom. The highest BCUT2D eigenvalue weighted by atomic mass is 16.7. The van der Waals surface area contributed by atoms with Crippen molar-refractivity contribution in [2.45, 2.75) is 12.0 Å². The molecular weight excluding hydrogens is 494 g/mol. The fourth-order valence-electron chi connectivity index (χ4n) is 4.90. The van der Waals surface area contributed by atoms with Gasteiger partial charge in [0.05, 0.1) is 38.2 Å². The third-order valence-electron chi connectivity index (χ3n) is 6.60. The number of amides is 1. The predicted molar refractivity (Wildman–Crippen MR) is 136 cm³/mol. The molecule has 0 bridgehead atoms. The maximum absolute atomic E-state index is 13.8. The summed E-state index contributed by atoms with van der Waals surface area (Å²) in [5, 5.41) is 3.46. The van der Waals surface area contributed by atoms with Crippen molar-refractivity contribution < 1.29 is 37.6 Å². The molecule has 0 saturated heterocycles. The molecule has 2 atom stereocenters. The predicted octanol–water partition coefficient (Wildman–Crippen LogP) is 4.08. The molecule has 0 aliphatic carbocycles. The minimum Gasteiger partial charge on any atom is -0.493 e. The van der Waals surface area contributed by atoms with Gasteiger partial charge in [-0.25, -0.2) is 4.79 Å². The molecule has 194 valence electrons. The average molecular weight is 517 g/mol. The Kier molecular flexibility index (Phi) is 5.71. The van der Waals surface area contributed by atoms with Crippen LogP contribution in [0.25, 0.3) is 11.0 Å². The number of para-hydroxylation sites is 1. The van der Waals surface area contributed by atoms with E-state index in [1.807, 2.05) is 6.07 Å². The Bertz CT molecular complexity index is 1600. The van der Waals surface area contributed by atoms with Crippen molar-refractivity contribution in [1.29, 1.82) is 0 Å². The van der Waals surface area contributed by atoms with Gasteiger partial charge in [0.1, 0.15) is 11.3 Å². The van der Waals surface area contributed by atoms with E-state index in [-0.39, 0.29) is 12.4 Å². The molecule has 0 fully saturated rings. The van der Waals surface area contributed by atoms with E-state index < -0.39 is 23.6 Å². The second-order valence-corrected chi connectivity index (χ2v) is 8.66. The second kappa shape index (κ2) is 9.22. The first kappa shape index (κ1) is 23.5. The summed E-state index contributed by atoms with van der Waals surface area (Å²) in [6.45, 7) is 0.0916. The van der Waals surface area contributed by atoms with Crippen LogP contribution in [0.2, 0.25) is 0 Å². The van der Waals surface area contributed by atoms with Crippen molar-refractivity contribution in [3.8, 4) is 34.5 Å². The van der Waals surface area contributed by atoms with Crippen LogP contribution in [0.3, 0.4) is 0 Å². The Hall–Kier alpha value is -4.86. The van der Waals surface area contributed by atoms with Crippen LogP contribution in [0, 0.1) is 0 Å². The number of fused-ring (bicyclic) bond motifs is 4. The van der Waals surface area contributed by atoms with Gasteiger partial charge in [-0.3, -0.25) is 4.79 Å². The van der Waals surface area contributed by atoms with Gasteiger partial charge in [0.15, 0.2) is 29.1 Å². The van der Waals surface area contributed by atoms with Gasteiger partial charge in [-0.1, -0.05) is 18.2 Å². The van der Waals surface area contributed by atoms with Crippen LogP contribution in [0.15, 0.2) is 63.8 Å². The third-order valence-corrected chi connectivity index (χ3v) is 6.60. The molecular formula is C28H23NO9. The molecule has 10 heteroatoms. The van der Waals surface area contributed by atoms with Gasteiger partial charge >= 0.3 is 5.63 Å². The maximum atomic E-state index is 13.8. The standard InChI is InChI=1S/C28H23NO9/c1-32-20-11-15(12-21(33-2)25(20)34-3)29-27(30)26-22(14-8-9-18-19(10-14)36-13-35-18)23-24(38-26)16-6-4-5-7-17(16)37-28(23)31/h4-12,22,26H,13H2,1-3H3,(H,29,30).